The summed E-state index contributed by atoms with van der Waals surface area (Å²) in [5, 5.41) is 14.2. The molecular formula is C26H20N4O4. The smallest absolute Gasteiger partial charge is 0.371 e. The van der Waals surface area contributed by atoms with E-state index in [0.717, 1.165) is 22.2 Å². The van der Waals surface area contributed by atoms with Crippen LogP contribution < -0.4 is 5.43 Å². The molecule has 8 nitrogen and oxygen atoms in total. The van der Waals surface area contributed by atoms with Gasteiger partial charge in [-0.05, 0) is 48.5 Å². The van der Waals surface area contributed by atoms with Crippen LogP contribution in [-0.4, -0.2) is 32.3 Å². The van der Waals surface area contributed by atoms with Gasteiger partial charge in [-0.25, -0.2) is 10.2 Å². The van der Waals surface area contributed by atoms with Crippen molar-refractivity contribution in [2.24, 2.45) is 5.10 Å². The molecule has 0 aliphatic rings. The molecule has 1 amide bonds. The molecular weight excluding hydrogens is 432 g/mol. The van der Waals surface area contributed by atoms with E-state index in [0.29, 0.717) is 17.9 Å². The maximum atomic E-state index is 12.6. The van der Waals surface area contributed by atoms with Crippen molar-refractivity contribution >= 4 is 29.0 Å². The average Bonchev–Trinajstić information content (AvgIpc) is 3.61. The predicted molar refractivity (Wildman–Crippen MR) is 128 cm³/mol. The number of amides is 1. The molecule has 0 saturated heterocycles. The number of nitrogens with zero attached hydrogens (tertiary/aromatic N) is 3. The number of rotatable bonds is 7. The Bertz CT molecular complexity index is 1510. The first kappa shape index (κ1) is 21.0. The maximum Gasteiger partial charge on any atom is 0.371 e. The van der Waals surface area contributed by atoms with Crippen molar-refractivity contribution < 1.29 is 19.1 Å². The minimum absolute atomic E-state index is 0.100. The number of carboxylic acids is 1. The minimum Gasteiger partial charge on any atom is -0.475 e. The fourth-order valence-corrected chi connectivity index (χ4v) is 3.79. The molecule has 0 aliphatic carbocycles. The summed E-state index contributed by atoms with van der Waals surface area (Å²) >= 11 is 0. The van der Waals surface area contributed by atoms with Crippen molar-refractivity contribution in [1.82, 2.24) is 14.6 Å². The third kappa shape index (κ3) is 4.24. The molecule has 0 radical (unpaired) electrons. The summed E-state index contributed by atoms with van der Waals surface area (Å²) in [6.45, 7) is 0.361. The fraction of sp³-hybridized carbons (Fsp3) is 0.0385. The second-order valence-corrected chi connectivity index (χ2v) is 7.64. The van der Waals surface area contributed by atoms with E-state index in [2.05, 4.69) is 10.5 Å². The Morgan fingerprint density at radius 1 is 1.00 bits per heavy atom. The number of fused-ring (bicyclic) bond motifs is 1. The standard InChI is InChI=1S/C26H20N4O4/c31-25(18-6-5-7-20(14-18)29-12-3-4-13-29)28-27-15-19-16-30(23-9-2-1-8-22(19)23)17-21-10-11-24(34-21)26(32)33/h1-16H,17H2,(H,28,31)(H,32,33)/b27-15+. The van der Waals surface area contributed by atoms with Crippen molar-refractivity contribution in [3.05, 3.63) is 114 Å². The Morgan fingerprint density at radius 3 is 2.62 bits per heavy atom. The van der Waals surface area contributed by atoms with E-state index in [1.807, 2.05) is 76.3 Å². The van der Waals surface area contributed by atoms with Crippen LogP contribution >= 0.6 is 0 Å². The van der Waals surface area contributed by atoms with Crippen LogP contribution in [0.25, 0.3) is 16.6 Å². The zero-order valence-corrected chi connectivity index (χ0v) is 18.0. The van der Waals surface area contributed by atoms with Gasteiger partial charge < -0.3 is 18.7 Å². The van der Waals surface area contributed by atoms with Crippen LogP contribution in [-0.2, 0) is 6.54 Å². The number of hydrogen-bond acceptors (Lipinski definition) is 4. The number of aromatic nitrogens is 2. The van der Waals surface area contributed by atoms with Gasteiger partial charge in [0.15, 0.2) is 0 Å². The second kappa shape index (κ2) is 8.95. The normalized spacial score (nSPS) is 11.3. The third-order valence-corrected chi connectivity index (χ3v) is 5.40. The van der Waals surface area contributed by atoms with E-state index in [-0.39, 0.29) is 11.7 Å². The molecule has 5 aromatic rings. The number of hydrazone groups is 1. The number of nitrogens with one attached hydrogen (secondary N) is 1. The van der Waals surface area contributed by atoms with E-state index in [9.17, 15) is 9.59 Å². The highest BCUT2D eigenvalue weighted by Crippen LogP contribution is 2.22. The molecule has 3 heterocycles. The molecule has 0 bridgehead atoms. The Balaban J connectivity index is 1.34. The van der Waals surface area contributed by atoms with Crippen LogP contribution in [0.5, 0.6) is 0 Å². The highest BCUT2D eigenvalue weighted by Gasteiger charge is 2.12. The number of para-hydroxylation sites is 1. The first-order chi connectivity index (χ1) is 16.6. The van der Waals surface area contributed by atoms with E-state index in [1.54, 1.807) is 24.4 Å². The van der Waals surface area contributed by atoms with Gasteiger partial charge >= 0.3 is 5.97 Å². The van der Waals surface area contributed by atoms with Gasteiger partial charge in [0.25, 0.3) is 5.91 Å². The highest BCUT2D eigenvalue weighted by molar-refractivity contribution is 6.00. The SMILES string of the molecule is O=C(N/N=C/c1cn(Cc2ccc(C(=O)O)o2)c2ccccc12)c1cccc(-n2cccc2)c1. The summed E-state index contributed by atoms with van der Waals surface area (Å²) in [5.41, 5.74) is 5.71. The number of hydrogen-bond donors (Lipinski definition) is 2. The van der Waals surface area contributed by atoms with Crippen LogP contribution in [0.4, 0.5) is 0 Å². The van der Waals surface area contributed by atoms with Crippen molar-refractivity contribution in [2.75, 3.05) is 0 Å². The lowest BCUT2D eigenvalue weighted by molar-refractivity contribution is 0.0660. The highest BCUT2D eigenvalue weighted by atomic mass is 16.4. The lowest BCUT2D eigenvalue weighted by atomic mass is 10.2. The van der Waals surface area contributed by atoms with E-state index in [1.165, 1.54) is 6.07 Å². The molecule has 0 atom stereocenters. The van der Waals surface area contributed by atoms with Crippen molar-refractivity contribution in [3.8, 4) is 5.69 Å². The zero-order chi connectivity index (χ0) is 23.5. The van der Waals surface area contributed by atoms with Gasteiger partial charge in [0.1, 0.15) is 5.76 Å². The molecule has 3 aromatic heterocycles. The molecule has 8 heteroatoms. The Labute approximate surface area is 194 Å². The van der Waals surface area contributed by atoms with Gasteiger partial charge in [-0.3, -0.25) is 4.79 Å². The monoisotopic (exact) mass is 452 g/mol. The van der Waals surface area contributed by atoms with E-state index >= 15 is 0 Å². The van der Waals surface area contributed by atoms with Gasteiger partial charge in [-0.15, -0.1) is 0 Å². The van der Waals surface area contributed by atoms with Crippen molar-refractivity contribution in [3.63, 3.8) is 0 Å². The van der Waals surface area contributed by atoms with Crippen LogP contribution in [0.3, 0.4) is 0 Å². The molecule has 34 heavy (non-hydrogen) atoms. The first-order valence-corrected chi connectivity index (χ1v) is 10.6. The summed E-state index contributed by atoms with van der Waals surface area (Å²) < 4.78 is 9.26. The molecule has 2 aromatic carbocycles. The largest absolute Gasteiger partial charge is 0.475 e. The number of aromatic carboxylic acids is 1. The minimum atomic E-state index is -1.11. The second-order valence-electron chi connectivity index (χ2n) is 7.64. The summed E-state index contributed by atoms with van der Waals surface area (Å²) in [7, 11) is 0. The Hall–Kier alpha value is -4.85. The molecule has 2 N–H and O–H groups in total. The average molecular weight is 452 g/mol. The summed E-state index contributed by atoms with van der Waals surface area (Å²) in [6, 6.07) is 22.0. The van der Waals surface area contributed by atoms with E-state index in [4.69, 9.17) is 9.52 Å². The van der Waals surface area contributed by atoms with Crippen LogP contribution in [0.2, 0.25) is 0 Å². The topological polar surface area (TPSA) is 102 Å². The molecule has 0 spiro atoms. The maximum absolute atomic E-state index is 12.6. The Kier molecular flexibility index (Phi) is 5.53. The molecule has 0 saturated carbocycles. The van der Waals surface area contributed by atoms with E-state index < -0.39 is 5.97 Å². The number of furan rings is 1. The van der Waals surface area contributed by atoms with Gasteiger partial charge in [0, 0.05) is 46.3 Å². The van der Waals surface area contributed by atoms with Gasteiger partial charge in [0.05, 0.1) is 12.8 Å². The lowest BCUT2D eigenvalue weighted by Gasteiger charge is -2.05. The fourth-order valence-electron chi connectivity index (χ4n) is 3.79. The number of benzene rings is 2. The van der Waals surface area contributed by atoms with Crippen LogP contribution in [0, 0.1) is 0 Å². The number of carbonyl (C=O) groups is 2. The lowest BCUT2D eigenvalue weighted by Crippen LogP contribution is -2.17. The van der Waals surface area contributed by atoms with Gasteiger partial charge in [0.2, 0.25) is 5.76 Å². The number of carbonyl (C=O) groups excluding carboxylic acids is 1. The first-order valence-electron chi connectivity index (χ1n) is 10.6. The van der Waals surface area contributed by atoms with Gasteiger partial charge in [-0.1, -0.05) is 24.3 Å². The molecule has 0 fully saturated rings. The van der Waals surface area contributed by atoms with Gasteiger partial charge in [-0.2, -0.15) is 5.10 Å². The van der Waals surface area contributed by atoms with Crippen LogP contribution in [0.1, 0.15) is 32.2 Å². The number of carboxylic acid groups (broad SMARTS) is 1. The quantitative estimate of drug-likeness (QED) is 0.280. The Morgan fingerprint density at radius 2 is 1.82 bits per heavy atom. The van der Waals surface area contributed by atoms with Crippen molar-refractivity contribution in [1.29, 1.82) is 0 Å². The zero-order valence-electron chi connectivity index (χ0n) is 18.0. The molecule has 0 unspecified atom stereocenters. The summed E-state index contributed by atoms with van der Waals surface area (Å²) in [4.78, 5) is 23.7. The molecule has 168 valence electrons. The molecule has 5 rings (SSSR count). The van der Waals surface area contributed by atoms with Crippen molar-refractivity contribution in [2.45, 2.75) is 6.54 Å². The van der Waals surface area contributed by atoms with Crippen LogP contribution in [0.15, 0.2) is 101 Å². The summed E-state index contributed by atoms with van der Waals surface area (Å²) in [6.07, 6.45) is 7.31. The predicted octanol–water partition coefficient (Wildman–Crippen LogP) is 4.54. The molecule has 0 aliphatic heterocycles. The summed E-state index contributed by atoms with van der Waals surface area (Å²) in [5.74, 6) is -0.994. The third-order valence-electron chi connectivity index (χ3n) is 5.40.